The molecule has 2 nitrogen and oxygen atoms in total. The van der Waals surface area contributed by atoms with E-state index in [0.29, 0.717) is 0 Å². The third-order valence-corrected chi connectivity index (χ3v) is 5.42. The third kappa shape index (κ3) is 2.81. The lowest BCUT2D eigenvalue weighted by Gasteiger charge is -2.18. The molecule has 4 heteroatoms. The summed E-state index contributed by atoms with van der Waals surface area (Å²) in [6.07, 6.45) is 2.08. The lowest BCUT2D eigenvalue weighted by molar-refractivity contribution is 0.414. The van der Waals surface area contributed by atoms with Crippen molar-refractivity contribution >= 4 is 28.8 Å². The van der Waals surface area contributed by atoms with E-state index in [1.807, 2.05) is 6.07 Å². The number of methoxy groups -OCH3 is 1. The van der Waals surface area contributed by atoms with Crippen molar-refractivity contribution in [2.24, 2.45) is 0 Å². The second-order valence-electron chi connectivity index (χ2n) is 5.71. The Morgan fingerprint density at radius 1 is 1.20 bits per heavy atom. The topological polar surface area (TPSA) is 35.2 Å². The molecule has 0 aliphatic heterocycles. The van der Waals surface area contributed by atoms with Gasteiger partial charge in [0.1, 0.15) is 5.75 Å². The summed E-state index contributed by atoms with van der Waals surface area (Å²) in [5.41, 5.74) is 9.63. The van der Waals surface area contributed by atoms with Gasteiger partial charge in [-0.1, -0.05) is 20.8 Å². The molecule has 0 atom stereocenters. The highest BCUT2D eigenvalue weighted by atomic mass is 32.2. The molecular weight excluding hydrogens is 286 g/mol. The van der Waals surface area contributed by atoms with Gasteiger partial charge in [0.05, 0.1) is 12.8 Å². The van der Waals surface area contributed by atoms with Gasteiger partial charge in [0.25, 0.3) is 0 Å². The number of nitrogens with two attached hydrogens (primary N) is 1. The number of hydrogen-bond acceptors (Lipinski definition) is 4. The first-order chi connectivity index (χ1) is 9.38. The minimum atomic E-state index is 0.0748. The van der Waals surface area contributed by atoms with Crippen LogP contribution in [0.2, 0.25) is 0 Å². The molecule has 2 rings (SSSR count). The first kappa shape index (κ1) is 15.3. The highest BCUT2D eigenvalue weighted by Gasteiger charge is 2.22. The second kappa shape index (κ2) is 5.70. The summed E-state index contributed by atoms with van der Waals surface area (Å²) in [6.45, 7) is 6.58. The molecule has 0 radical (unpaired) electrons. The zero-order chi connectivity index (χ0) is 14.9. The summed E-state index contributed by atoms with van der Waals surface area (Å²) in [6, 6.07) is 6.14. The number of benzene rings is 1. The Bertz CT molecular complexity index is 611. The van der Waals surface area contributed by atoms with Gasteiger partial charge < -0.3 is 10.5 Å². The minimum absolute atomic E-state index is 0.0748. The van der Waals surface area contributed by atoms with Crippen LogP contribution in [0.15, 0.2) is 28.5 Å². The molecule has 0 bridgehead atoms. The van der Waals surface area contributed by atoms with Crippen LogP contribution in [-0.2, 0) is 5.41 Å². The van der Waals surface area contributed by atoms with Crippen molar-refractivity contribution in [3.8, 4) is 16.9 Å². The molecule has 108 valence electrons. The van der Waals surface area contributed by atoms with E-state index in [1.165, 1.54) is 9.77 Å². The fourth-order valence-corrected chi connectivity index (χ4v) is 3.85. The van der Waals surface area contributed by atoms with Gasteiger partial charge in [-0.05, 0) is 29.9 Å². The van der Waals surface area contributed by atoms with Gasteiger partial charge >= 0.3 is 0 Å². The molecule has 2 N–H and O–H groups in total. The van der Waals surface area contributed by atoms with Gasteiger partial charge in [-0.2, -0.15) is 0 Å². The van der Waals surface area contributed by atoms with E-state index < -0.39 is 0 Å². The van der Waals surface area contributed by atoms with Crippen LogP contribution in [0, 0.1) is 0 Å². The number of ether oxygens (including phenoxy) is 1. The summed E-state index contributed by atoms with van der Waals surface area (Å²) < 4.78 is 5.34. The number of nitrogen functional groups attached to an aromatic ring is 1. The Balaban J connectivity index is 2.59. The Kier molecular flexibility index (Phi) is 4.35. The van der Waals surface area contributed by atoms with Crippen molar-refractivity contribution in [2.45, 2.75) is 31.1 Å². The number of thiophene rings is 1. The highest BCUT2D eigenvalue weighted by molar-refractivity contribution is 7.98. The van der Waals surface area contributed by atoms with E-state index >= 15 is 0 Å². The number of rotatable bonds is 3. The van der Waals surface area contributed by atoms with Crippen molar-refractivity contribution in [1.29, 1.82) is 0 Å². The van der Waals surface area contributed by atoms with Crippen LogP contribution in [0.4, 0.5) is 5.69 Å². The predicted molar refractivity (Wildman–Crippen MR) is 91.2 cm³/mol. The van der Waals surface area contributed by atoms with Crippen LogP contribution in [0.3, 0.4) is 0 Å². The molecule has 0 spiro atoms. The van der Waals surface area contributed by atoms with E-state index in [9.17, 15) is 0 Å². The van der Waals surface area contributed by atoms with Crippen LogP contribution < -0.4 is 10.5 Å². The Hall–Kier alpha value is -1.13. The maximum absolute atomic E-state index is 6.40. The summed E-state index contributed by atoms with van der Waals surface area (Å²) >= 11 is 3.46. The molecule has 0 saturated heterocycles. The zero-order valence-corrected chi connectivity index (χ0v) is 14.2. The molecule has 0 fully saturated rings. The quantitative estimate of drug-likeness (QED) is 0.808. The minimum Gasteiger partial charge on any atom is -0.497 e. The lowest BCUT2D eigenvalue weighted by Crippen LogP contribution is -2.11. The fraction of sp³-hybridized carbons (Fsp3) is 0.375. The summed E-state index contributed by atoms with van der Waals surface area (Å²) in [5.74, 6) is 0.862. The molecular formula is C16H21NOS2. The molecule has 0 amide bonds. The van der Waals surface area contributed by atoms with Gasteiger partial charge in [-0.15, -0.1) is 23.1 Å². The standard InChI is InChI=1S/C16H21NOS2/c1-16(2,3)15-14(17)12(9-20-15)11-8-10(18-4)6-7-13(11)19-5/h6-9H,17H2,1-5H3. The van der Waals surface area contributed by atoms with Gasteiger partial charge in [0.2, 0.25) is 0 Å². The molecule has 0 unspecified atom stereocenters. The number of anilines is 1. The molecule has 1 aromatic carbocycles. The van der Waals surface area contributed by atoms with Crippen LogP contribution in [-0.4, -0.2) is 13.4 Å². The summed E-state index contributed by atoms with van der Waals surface area (Å²) in [4.78, 5) is 2.46. The van der Waals surface area contributed by atoms with Crippen molar-refractivity contribution in [1.82, 2.24) is 0 Å². The maximum atomic E-state index is 6.40. The van der Waals surface area contributed by atoms with Crippen molar-refractivity contribution in [2.75, 3.05) is 19.1 Å². The largest absolute Gasteiger partial charge is 0.497 e. The van der Waals surface area contributed by atoms with Crippen LogP contribution in [0.25, 0.3) is 11.1 Å². The molecule has 0 aliphatic carbocycles. The lowest BCUT2D eigenvalue weighted by atomic mass is 9.92. The van der Waals surface area contributed by atoms with E-state index in [0.717, 1.165) is 22.6 Å². The van der Waals surface area contributed by atoms with Gasteiger partial charge in [-0.25, -0.2) is 0 Å². The third-order valence-electron chi connectivity index (χ3n) is 3.21. The van der Waals surface area contributed by atoms with Crippen LogP contribution >= 0.6 is 23.1 Å². The molecule has 1 heterocycles. The molecule has 0 aliphatic rings. The van der Waals surface area contributed by atoms with Gasteiger partial charge in [0, 0.05) is 26.3 Å². The number of thioether (sulfide) groups is 1. The van der Waals surface area contributed by atoms with Crippen molar-refractivity contribution in [3.05, 3.63) is 28.5 Å². The SMILES string of the molecule is COc1ccc(SC)c(-c2csc(C(C)(C)C)c2N)c1. The van der Waals surface area contributed by atoms with E-state index in [1.54, 1.807) is 30.2 Å². The first-order valence-corrected chi connectivity index (χ1v) is 8.58. The maximum Gasteiger partial charge on any atom is 0.119 e. The Morgan fingerprint density at radius 3 is 2.40 bits per heavy atom. The number of hydrogen-bond donors (Lipinski definition) is 1. The van der Waals surface area contributed by atoms with Gasteiger partial charge in [0.15, 0.2) is 0 Å². The van der Waals surface area contributed by atoms with E-state index in [2.05, 4.69) is 44.5 Å². The molecule has 2 aromatic rings. The predicted octanol–water partition coefficient (Wildman–Crippen LogP) is 5.03. The average Bonchev–Trinajstić information content (AvgIpc) is 2.79. The van der Waals surface area contributed by atoms with Crippen molar-refractivity contribution in [3.63, 3.8) is 0 Å². The second-order valence-corrected chi connectivity index (χ2v) is 7.44. The summed E-state index contributed by atoms with van der Waals surface area (Å²) in [5, 5.41) is 2.16. The highest BCUT2D eigenvalue weighted by Crippen LogP contribution is 2.44. The van der Waals surface area contributed by atoms with E-state index in [4.69, 9.17) is 10.5 Å². The van der Waals surface area contributed by atoms with Crippen LogP contribution in [0.1, 0.15) is 25.6 Å². The summed E-state index contributed by atoms with van der Waals surface area (Å²) in [7, 11) is 1.69. The molecule has 1 aromatic heterocycles. The smallest absolute Gasteiger partial charge is 0.119 e. The van der Waals surface area contributed by atoms with E-state index in [-0.39, 0.29) is 5.41 Å². The zero-order valence-electron chi connectivity index (χ0n) is 12.6. The average molecular weight is 307 g/mol. The van der Waals surface area contributed by atoms with Gasteiger partial charge in [-0.3, -0.25) is 0 Å². The Morgan fingerprint density at radius 2 is 1.90 bits per heavy atom. The first-order valence-electron chi connectivity index (χ1n) is 6.48. The Labute approximate surface area is 129 Å². The monoisotopic (exact) mass is 307 g/mol. The fourth-order valence-electron chi connectivity index (χ4n) is 2.18. The normalized spacial score (nSPS) is 11.7. The molecule has 20 heavy (non-hydrogen) atoms. The molecule has 0 saturated carbocycles. The van der Waals surface area contributed by atoms with Crippen LogP contribution in [0.5, 0.6) is 5.75 Å². The van der Waals surface area contributed by atoms with Crippen molar-refractivity contribution < 1.29 is 4.74 Å².